The minimum atomic E-state index is -1.76. The highest BCUT2D eigenvalue weighted by atomic mass is 28.4. The summed E-state index contributed by atoms with van der Waals surface area (Å²) in [6.07, 6.45) is 4.19. The van der Waals surface area contributed by atoms with Gasteiger partial charge in [-0.1, -0.05) is 32.9 Å². The first-order valence-corrected chi connectivity index (χ1v) is 11.5. The van der Waals surface area contributed by atoms with Crippen LogP contribution >= 0.6 is 0 Å². The summed E-state index contributed by atoms with van der Waals surface area (Å²) >= 11 is 0. The Morgan fingerprint density at radius 2 is 2.00 bits per heavy atom. The van der Waals surface area contributed by atoms with Gasteiger partial charge in [0, 0.05) is 18.7 Å². The van der Waals surface area contributed by atoms with E-state index in [-0.39, 0.29) is 10.8 Å². The summed E-state index contributed by atoms with van der Waals surface area (Å²) in [7, 11) is -0.167. The summed E-state index contributed by atoms with van der Waals surface area (Å²) in [4.78, 5) is 12.2. The van der Waals surface area contributed by atoms with E-state index in [1.54, 1.807) is 17.9 Å². The van der Waals surface area contributed by atoms with Gasteiger partial charge in [-0.15, -0.1) is 0 Å². The number of ether oxygens (including phenoxy) is 1. The molecule has 138 valence electrons. The molecule has 0 bridgehead atoms. The number of methoxy groups -OCH3 is 1. The van der Waals surface area contributed by atoms with Crippen LogP contribution in [0.5, 0.6) is 0 Å². The lowest BCUT2D eigenvalue weighted by molar-refractivity contribution is 0.274. The molecule has 2 rings (SSSR count). The molecule has 1 aromatic carbocycles. The quantitative estimate of drug-likeness (QED) is 0.409. The van der Waals surface area contributed by atoms with Crippen LogP contribution in [0.1, 0.15) is 32.8 Å². The number of nitrogens with zero attached hydrogens (tertiary/aromatic N) is 1. The lowest BCUT2D eigenvalue weighted by atomic mass is 10.2. The minimum Gasteiger partial charge on any atom is -0.504 e. The highest BCUT2D eigenvalue weighted by Gasteiger charge is 2.36. The van der Waals surface area contributed by atoms with Gasteiger partial charge in [0.25, 0.3) is 0 Å². The SMILES string of the molecule is CO/C=C/c1cccc2oc(=O)n(CCCO[Si](C)(C)C(C)(C)C)c12. The molecule has 25 heavy (non-hydrogen) atoms. The van der Waals surface area contributed by atoms with Gasteiger partial charge in [0.2, 0.25) is 0 Å². The molecule has 0 radical (unpaired) electrons. The Morgan fingerprint density at radius 1 is 1.28 bits per heavy atom. The molecule has 5 nitrogen and oxygen atoms in total. The number of fused-ring (bicyclic) bond motifs is 1. The average Bonchev–Trinajstić information content (AvgIpc) is 2.84. The van der Waals surface area contributed by atoms with Crippen molar-refractivity contribution in [1.29, 1.82) is 0 Å². The zero-order chi connectivity index (χ0) is 18.7. The van der Waals surface area contributed by atoms with E-state index in [9.17, 15) is 4.79 Å². The van der Waals surface area contributed by atoms with Crippen molar-refractivity contribution in [3.8, 4) is 0 Å². The number of hydrogen-bond acceptors (Lipinski definition) is 4. The molecule has 0 amide bonds. The van der Waals surface area contributed by atoms with Crippen LogP contribution in [0.15, 0.2) is 33.7 Å². The molecule has 0 saturated heterocycles. The standard InChI is InChI=1S/C19H29NO4Si/c1-19(2,3)25(5,6)23-13-8-12-20-17-15(11-14-22-4)9-7-10-16(17)24-18(20)21/h7,9-11,14H,8,12-13H2,1-6H3/b14-11+. The molecule has 0 aliphatic heterocycles. The van der Waals surface area contributed by atoms with Crippen LogP contribution in [-0.4, -0.2) is 26.6 Å². The molecular weight excluding hydrogens is 334 g/mol. The zero-order valence-electron chi connectivity index (χ0n) is 16.1. The second-order valence-corrected chi connectivity index (χ2v) is 12.5. The van der Waals surface area contributed by atoms with Crippen LogP contribution in [0, 0.1) is 0 Å². The second-order valence-electron chi connectivity index (χ2n) is 7.71. The zero-order valence-corrected chi connectivity index (χ0v) is 17.1. The van der Waals surface area contributed by atoms with Gasteiger partial charge in [-0.3, -0.25) is 4.57 Å². The van der Waals surface area contributed by atoms with Crippen LogP contribution in [-0.2, 0) is 15.7 Å². The number of benzene rings is 1. The number of oxazole rings is 1. The van der Waals surface area contributed by atoms with Crippen LogP contribution in [0.25, 0.3) is 17.2 Å². The largest absolute Gasteiger partial charge is 0.504 e. The second kappa shape index (κ2) is 7.62. The minimum absolute atomic E-state index is 0.185. The summed E-state index contributed by atoms with van der Waals surface area (Å²) < 4.78 is 18.2. The third-order valence-electron chi connectivity index (χ3n) is 4.90. The lowest BCUT2D eigenvalue weighted by Gasteiger charge is -2.36. The summed E-state index contributed by atoms with van der Waals surface area (Å²) in [5.74, 6) is -0.333. The molecule has 0 fully saturated rings. The molecular formula is C19H29NO4Si. The Balaban J connectivity index is 2.15. The molecule has 0 spiro atoms. The van der Waals surface area contributed by atoms with Crippen LogP contribution in [0.3, 0.4) is 0 Å². The van der Waals surface area contributed by atoms with Crippen molar-refractivity contribution in [2.45, 2.75) is 51.9 Å². The van der Waals surface area contributed by atoms with E-state index in [2.05, 4.69) is 33.9 Å². The van der Waals surface area contributed by atoms with Crippen molar-refractivity contribution < 1.29 is 13.6 Å². The van der Waals surface area contributed by atoms with Gasteiger partial charge in [0.05, 0.1) is 18.9 Å². The molecule has 0 aliphatic carbocycles. The molecule has 1 aromatic heterocycles. The maximum atomic E-state index is 12.2. The number of rotatable bonds is 7. The Bertz CT molecular complexity index is 796. The van der Waals surface area contributed by atoms with Gasteiger partial charge < -0.3 is 13.6 Å². The monoisotopic (exact) mass is 363 g/mol. The average molecular weight is 364 g/mol. The van der Waals surface area contributed by atoms with Gasteiger partial charge in [-0.25, -0.2) is 4.79 Å². The van der Waals surface area contributed by atoms with Gasteiger partial charge in [-0.05, 0) is 36.7 Å². The number of hydrogen-bond donors (Lipinski definition) is 0. The normalized spacial score (nSPS) is 13.0. The Hall–Kier alpha value is -1.79. The fourth-order valence-corrected chi connectivity index (χ4v) is 3.48. The van der Waals surface area contributed by atoms with Crippen LogP contribution in [0.4, 0.5) is 0 Å². The van der Waals surface area contributed by atoms with E-state index in [4.69, 9.17) is 13.6 Å². The predicted molar refractivity (Wildman–Crippen MR) is 104 cm³/mol. The van der Waals surface area contributed by atoms with E-state index in [0.717, 1.165) is 17.5 Å². The maximum Gasteiger partial charge on any atom is 0.419 e. The van der Waals surface area contributed by atoms with Crippen molar-refractivity contribution in [1.82, 2.24) is 4.57 Å². The fraction of sp³-hybridized carbons (Fsp3) is 0.526. The van der Waals surface area contributed by atoms with Crippen molar-refractivity contribution in [3.63, 3.8) is 0 Å². The molecule has 0 atom stereocenters. The predicted octanol–water partition coefficient (Wildman–Crippen LogP) is 4.62. The highest BCUT2D eigenvalue weighted by molar-refractivity contribution is 6.74. The first-order valence-electron chi connectivity index (χ1n) is 8.63. The van der Waals surface area contributed by atoms with Gasteiger partial charge in [-0.2, -0.15) is 0 Å². The van der Waals surface area contributed by atoms with E-state index < -0.39 is 8.32 Å². The van der Waals surface area contributed by atoms with Crippen molar-refractivity contribution in [2.24, 2.45) is 0 Å². The smallest absolute Gasteiger partial charge is 0.419 e. The molecule has 0 unspecified atom stereocenters. The van der Waals surface area contributed by atoms with E-state index >= 15 is 0 Å². The topological polar surface area (TPSA) is 53.6 Å². The Kier molecular flexibility index (Phi) is 5.95. The first kappa shape index (κ1) is 19.5. The summed E-state index contributed by atoms with van der Waals surface area (Å²) in [6, 6.07) is 5.62. The summed E-state index contributed by atoms with van der Waals surface area (Å²) in [6.45, 7) is 12.4. The first-order chi connectivity index (χ1) is 11.7. The molecule has 0 N–H and O–H groups in total. The van der Waals surface area contributed by atoms with E-state index in [1.807, 2.05) is 24.3 Å². The third-order valence-corrected chi connectivity index (χ3v) is 9.43. The molecule has 0 aliphatic rings. The molecule has 1 heterocycles. The fourth-order valence-electron chi connectivity index (χ4n) is 2.40. The van der Waals surface area contributed by atoms with Gasteiger partial charge >= 0.3 is 5.76 Å². The third kappa shape index (κ3) is 4.44. The molecule has 2 aromatic rings. The van der Waals surface area contributed by atoms with E-state index in [0.29, 0.717) is 18.7 Å². The van der Waals surface area contributed by atoms with E-state index in [1.165, 1.54) is 0 Å². The Morgan fingerprint density at radius 3 is 2.64 bits per heavy atom. The highest BCUT2D eigenvalue weighted by Crippen LogP contribution is 2.36. The van der Waals surface area contributed by atoms with Crippen LogP contribution in [0.2, 0.25) is 18.1 Å². The Labute approximate surface area is 150 Å². The van der Waals surface area contributed by atoms with Crippen molar-refractivity contribution >= 4 is 25.5 Å². The van der Waals surface area contributed by atoms with Crippen LogP contribution < -0.4 is 5.76 Å². The number of aryl methyl sites for hydroxylation is 1. The maximum absolute atomic E-state index is 12.2. The van der Waals surface area contributed by atoms with Crippen molar-refractivity contribution in [2.75, 3.05) is 13.7 Å². The molecule has 0 saturated carbocycles. The number of para-hydroxylation sites is 1. The summed E-state index contributed by atoms with van der Waals surface area (Å²) in [5, 5.41) is 0.185. The lowest BCUT2D eigenvalue weighted by Crippen LogP contribution is -2.41. The molecule has 6 heteroatoms. The van der Waals surface area contributed by atoms with Gasteiger partial charge in [0.1, 0.15) is 0 Å². The van der Waals surface area contributed by atoms with Crippen molar-refractivity contribution in [3.05, 3.63) is 40.6 Å². The summed E-state index contributed by atoms with van der Waals surface area (Å²) in [5.41, 5.74) is 2.29. The van der Waals surface area contributed by atoms with Gasteiger partial charge in [0.15, 0.2) is 13.9 Å². The number of aromatic nitrogens is 1.